The SMILES string of the molecule is CCOC(=O)CN(Cc1nc(-c2cccc([N+](=O)[O-])c2)no1)C1CC1. The van der Waals surface area contributed by atoms with E-state index in [0.29, 0.717) is 30.6 Å². The molecule has 0 aliphatic heterocycles. The van der Waals surface area contributed by atoms with Gasteiger partial charge >= 0.3 is 5.97 Å². The Balaban J connectivity index is 1.71. The normalized spacial score (nSPS) is 13.8. The highest BCUT2D eigenvalue weighted by Crippen LogP contribution is 2.28. The zero-order valence-corrected chi connectivity index (χ0v) is 13.8. The van der Waals surface area contributed by atoms with E-state index < -0.39 is 4.92 Å². The van der Waals surface area contributed by atoms with E-state index in [2.05, 4.69) is 10.1 Å². The van der Waals surface area contributed by atoms with Crippen LogP contribution in [0.25, 0.3) is 11.4 Å². The maximum atomic E-state index is 11.7. The molecule has 3 rings (SSSR count). The number of esters is 1. The van der Waals surface area contributed by atoms with E-state index in [1.807, 2.05) is 4.90 Å². The van der Waals surface area contributed by atoms with E-state index in [1.165, 1.54) is 12.1 Å². The minimum atomic E-state index is -0.474. The molecular weight excluding hydrogens is 328 g/mol. The molecule has 9 heteroatoms. The second-order valence-electron chi connectivity index (χ2n) is 5.76. The summed E-state index contributed by atoms with van der Waals surface area (Å²) < 4.78 is 10.2. The van der Waals surface area contributed by atoms with Crippen LogP contribution in [0.4, 0.5) is 5.69 Å². The van der Waals surface area contributed by atoms with Crippen molar-refractivity contribution in [1.82, 2.24) is 15.0 Å². The second kappa shape index (κ2) is 7.39. The summed E-state index contributed by atoms with van der Waals surface area (Å²) in [5.74, 6) is 0.358. The largest absolute Gasteiger partial charge is 0.465 e. The Morgan fingerprint density at radius 1 is 1.48 bits per heavy atom. The highest BCUT2D eigenvalue weighted by molar-refractivity contribution is 5.71. The predicted molar refractivity (Wildman–Crippen MR) is 86.5 cm³/mol. The fraction of sp³-hybridized carbons (Fsp3) is 0.438. The molecule has 9 nitrogen and oxygen atoms in total. The summed E-state index contributed by atoms with van der Waals surface area (Å²) in [5.41, 5.74) is 0.471. The van der Waals surface area contributed by atoms with Gasteiger partial charge in [-0.25, -0.2) is 0 Å². The third kappa shape index (κ3) is 4.38. The first-order valence-corrected chi connectivity index (χ1v) is 8.04. The first-order chi connectivity index (χ1) is 12.1. The molecule has 132 valence electrons. The van der Waals surface area contributed by atoms with Gasteiger partial charge in [0.25, 0.3) is 5.69 Å². The number of rotatable bonds is 8. The van der Waals surface area contributed by atoms with Gasteiger partial charge in [0.15, 0.2) is 0 Å². The Kier molecular flexibility index (Phi) is 5.03. The summed E-state index contributed by atoms with van der Waals surface area (Å²) in [6.07, 6.45) is 2.04. The van der Waals surface area contributed by atoms with Crippen molar-refractivity contribution in [2.75, 3.05) is 13.2 Å². The van der Waals surface area contributed by atoms with Crippen LogP contribution in [0.15, 0.2) is 28.8 Å². The van der Waals surface area contributed by atoms with Gasteiger partial charge in [-0.2, -0.15) is 4.98 Å². The molecule has 0 radical (unpaired) electrons. The lowest BCUT2D eigenvalue weighted by atomic mass is 10.2. The molecule has 0 unspecified atom stereocenters. The highest BCUT2D eigenvalue weighted by Gasteiger charge is 2.32. The molecule has 1 fully saturated rings. The summed E-state index contributed by atoms with van der Waals surface area (Å²) in [4.78, 5) is 28.3. The lowest BCUT2D eigenvalue weighted by Crippen LogP contribution is -2.32. The van der Waals surface area contributed by atoms with E-state index in [1.54, 1.807) is 19.1 Å². The van der Waals surface area contributed by atoms with Crippen molar-refractivity contribution in [3.05, 3.63) is 40.3 Å². The van der Waals surface area contributed by atoms with Gasteiger partial charge in [-0.05, 0) is 19.8 Å². The zero-order chi connectivity index (χ0) is 17.8. The molecule has 1 heterocycles. The van der Waals surface area contributed by atoms with Gasteiger partial charge < -0.3 is 9.26 Å². The quantitative estimate of drug-likeness (QED) is 0.406. The van der Waals surface area contributed by atoms with Gasteiger partial charge in [0.1, 0.15) is 0 Å². The van der Waals surface area contributed by atoms with E-state index >= 15 is 0 Å². The van der Waals surface area contributed by atoms with Gasteiger partial charge in [-0.15, -0.1) is 0 Å². The smallest absolute Gasteiger partial charge is 0.320 e. The fourth-order valence-electron chi connectivity index (χ4n) is 2.49. The third-order valence-electron chi connectivity index (χ3n) is 3.82. The number of hydrogen-bond acceptors (Lipinski definition) is 8. The maximum Gasteiger partial charge on any atom is 0.320 e. The average molecular weight is 346 g/mol. The van der Waals surface area contributed by atoms with Gasteiger partial charge in [-0.1, -0.05) is 17.3 Å². The van der Waals surface area contributed by atoms with Crippen LogP contribution in [0.3, 0.4) is 0 Å². The van der Waals surface area contributed by atoms with Gasteiger partial charge in [0.2, 0.25) is 11.7 Å². The summed E-state index contributed by atoms with van der Waals surface area (Å²) in [5, 5.41) is 14.7. The number of nitrogens with zero attached hydrogens (tertiary/aromatic N) is 4. The van der Waals surface area contributed by atoms with Crippen LogP contribution in [-0.4, -0.2) is 45.1 Å². The first kappa shape index (κ1) is 17.0. The number of benzene rings is 1. The number of non-ortho nitro benzene ring substituents is 1. The molecule has 1 aliphatic rings. The lowest BCUT2D eigenvalue weighted by molar-refractivity contribution is -0.384. The topological polar surface area (TPSA) is 112 Å². The minimum Gasteiger partial charge on any atom is -0.465 e. The minimum absolute atomic E-state index is 0.0363. The zero-order valence-electron chi connectivity index (χ0n) is 13.8. The van der Waals surface area contributed by atoms with Crippen LogP contribution in [0.1, 0.15) is 25.7 Å². The van der Waals surface area contributed by atoms with E-state index in [0.717, 1.165) is 12.8 Å². The van der Waals surface area contributed by atoms with Crippen molar-refractivity contribution in [2.24, 2.45) is 0 Å². The number of carbonyl (C=O) groups is 1. The summed E-state index contributed by atoms with van der Waals surface area (Å²) in [7, 11) is 0. The van der Waals surface area contributed by atoms with Crippen LogP contribution in [0, 0.1) is 10.1 Å². The van der Waals surface area contributed by atoms with Crippen LogP contribution in [0.2, 0.25) is 0 Å². The molecule has 0 amide bonds. The Bertz CT molecular complexity index is 771. The molecule has 1 aromatic heterocycles. The number of aromatic nitrogens is 2. The van der Waals surface area contributed by atoms with Crippen molar-refractivity contribution < 1.29 is 19.0 Å². The standard InChI is InChI=1S/C16H18N4O5/c1-2-24-15(21)10-19(12-6-7-12)9-14-17-16(18-25-14)11-4-3-5-13(8-11)20(22)23/h3-5,8,12H,2,6-7,9-10H2,1H3. The van der Waals surface area contributed by atoms with Gasteiger partial charge in [0, 0.05) is 23.7 Å². The molecule has 0 spiro atoms. The van der Waals surface area contributed by atoms with E-state index in [-0.39, 0.29) is 24.0 Å². The monoisotopic (exact) mass is 346 g/mol. The number of nitro benzene ring substituents is 1. The van der Waals surface area contributed by atoms with Gasteiger partial charge in [0.05, 0.1) is 24.6 Å². The Labute approximate surface area is 143 Å². The van der Waals surface area contributed by atoms with Crippen LogP contribution < -0.4 is 0 Å². The van der Waals surface area contributed by atoms with Crippen LogP contribution >= 0.6 is 0 Å². The molecule has 0 saturated heterocycles. The molecule has 1 aromatic carbocycles. The molecular formula is C16H18N4O5. The van der Waals surface area contributed by atoms with Crippen molar-refractivity contribution in [1.29, 1.82) is 0 Å². The van der Waals surface area contributed by atoms with E-state index in [4.69, 9.17) is 9.26 Å². The predicted octanol–water partition coefficient (Wildman–Crippen LogP) is 2.17. The third-order valence-corrected chi connectivity index (χ3v) is 3.82. The molecule has 2 aromatic rings. The van der Waals surface area contributed by atoms with Crippen molar-refractivity contribution >= 4 is 11.7 Å². The molecule has 25 heavy (non-hydrogen) atoms. The maximum absolute atomic E-state index is 11.7. The number of carbonyl (C=O) groups excluding carboxylic acids is 1. The summed E-state index contributed by atoms with van der Waals surface area (Å²) in [6.45, 7) is 2.62. The summed E-state index contributed by atoms with van der Waals surface area (Å²) >= 11 is 0. The second-order valence-corrected chi connectivity index (χ2v) is 5.76. The van der Waals surface area contributed by atoms with Crippen molar-refractivity contribution in [2.45, 2.75) is 32.4 Å². The molecule has 0 bridgehead atoms. The van der Waals surface area contributed by atoms with Crippen LogP contribution in [0.5, 0.6) is 0 Å². The highest BCUT2D eigenvalue weighted by atomic mass is 16.6. The van der Waals surface area contributed by atoms with Gasteiger partial charge in [-0.3, -0.25) is 19.8 Å². The Morgan fingerprint density at radius 3 is 2.96 bits per heavy atom. The number of nitro groups is 1. The number of ether oxygens (including phenoxy) is 1. The number of hydrogen-bond donors (Lipinski definition) is 0. The Morgan fingerprint density at radius 2 is 2.28 bits per heavy atom. The van der Waals surface area contributed by atoms with Crippen molar-refractivity contribution in [3.8, 4) is 11.4 Å². The summed E-state index contributed by atoms with van der Waals surface area (Å²) in [6, 6.07) is 6.36. The fourth-order valence-corrected chi connectivity index (χ4v) is 2.49. The molecule has 1 saturated carbocycles. The average Bonchev–Trinajstić information content (AvgIpc) is 3.34. The molecule has 1 aliphatic carbocycles. The molecule has 0 atom stereocenters. The first-order valence-electron chi connectivity index (χ1n) is 8.04. The van der Waals surface area contributed by atoms with Crippen LogP contribution in [-0.2, 0) is 16.1 Å². The molecule has 0 N–H and O–H groups in total. The Hall–Kier alpha value is -2.81. The van der Waals surface area contributed by atoms with E-state index in [9.17, 15) is 14.9 Å². The van der Waals surface area contributed by atoms with Crippen molar-refractivity contribution in [3.63, 3.8) is 0 Å². The lowest BCUT2D eigenvalue weighted by Gasteiger charge is -2.18.